The number of unbranched alkanes of at least 4 members (excludes halogenated alkanes) is 15. The molecule has 0 radical (unpaired) electrons. The Balaban J connectivity index is 1.80. The number of ether oxygens (including phenoxy) is 10. The van der Waals surface area contributed by atoms with E-state index in [1.54, 1.807) is 6.92 Å². The average molecular weight is 941 g/mol. The Morgan fingerprint density at radius 1 is 0.455 bits per heavy atom. The average Bonchev–Trinajstić information content (AvgIpc) is 3.32. The first-order valence-electron chi connectivity index (χ1n) is 26.0. The minimum absolute atomic E-state index is 0.0862. The van der Waals surface area contributed by atoms with E-state index in [1.165, 1.54) is 96.3 Å². The van der Waals surface area contributed by atoms with Crippen LogP contribution in [-0.2, 0) is 57.0 Å². The van der Waals surface area contributed by atoms with Crippen molar-refractivity contribution in [1.29, 1.82) is 0 Å². The maximum absolute atomic E-state index is 13.3. The fourth-order valence-electron chi connectivity index (χ4n) is 7.76. The van der Waals surface area contributed by atoms with Crippen LogP contribution in [0.3, 0.4) is 0 Å². The third-order valence-corrected chi connectivity index (χ3v) is 11.7. The Labute approximate surface area is 401 Å². The number of carbonyl (C=O) groups excluding carboxylic acids is 1. The number of hydrogen-bond acceptors (Lipinski definition) is 12. The fraction of sp³-hybridized carbons (Fsp3) is 0.849. The largest absolute Gasteiger partial charge is 0.481 e. The molecule has 0 aliphatic heterocycles. The molecule has 1 rings (SSSR count). The zero-order chi connectivity index (χ0) is 47.9. The van der Waals surface area contributed by atoms with E-state index < -0.39 is 23.3 Å². The van der Waals surface area contributed by atoms with Gasteiger partial charge in [-0.25, -0.2) is 0 Å². The van der Waals surface area contributed by atoms with Crippen molar-refractivity contribution in [2.24, 2.45) is 11.3 Å². The van der Waals surface area contributed by atoms with Crippen LogP contribution in [0.15, 0.2) is 30.3 Å². The molecule has 1 aromatic carbocycles. The zero-order valence-corrected chi connectivity index (χ0v) is 42.3. The lowest BCUT2D eigenvalue weighted by molar-refractivity contribution is -0.159. The molecule has 13 heteroatoms. The number of esters is 1. The quantitative estimate of drug-likeness (QED) is 0.0489. The molecule has 0 aliphatic carbocycles. The highest BCUT2D eigenvalue weighted by molar-refractivity contribution is 5.78. The Morgan fingerprint density at radius 2 is 0.773 bits per heavy atom. The van der Waals surface area contributed by atoms with Gasteiger partial charge in [0.2, 0.25) is 0 Å². The lowest BCUT2D eigenvalue weighted by atomic mass is 9.72. The third-order valence-electron chi connectivity index (χ3n) is 11.7. The minimum atomic E-state index is -0.944. The summed E-state index contributed by atoms with van der Waals surface area (Å²) >= 11 is 0. The van der Waals surface area contributed by atoms with Crippen molar-refractivity contribution in [3.8, 4) is 0 Å². The maximum Gasteiger partial charge on any atom is 0.311 e. The first-order valence-corrected chi connectivity index (χ1v) is 26.0. The van der Waals surface area contributed by atoms with Crippen molar-refractivity contribution in [3.05, 3.63) is 35.9 Å². The molecular formula is C53H96O13. The fourth-order valence-corrected chi connectivity index (χ4v) is 7.76. The summed E-state index contributed by atoms with van der Waals surface area (Å²) in [5.74, 6) is -1.89. The van der Waals surface area contributed by atoms with Crippen LogP contribution in [0, 0.1) is 11.3 Å². The summed E-state index contributed by atoms with van der Waals surface area (Å²) in [6.07, 6.45) is 23.6. The second-order valence-corrected chi connectivity index (χ2v) is 17.7. The molecule has 13 nitrogen and oxygen atoms in total. The van der Waals surface area contributed by atoms with Gasteiger partial charge in [0.1, 0.15) is 6.61 Å². The molecule has 0 aromatic heterocycles. The summed E-state index contributed by atoms with van der Waals surface area (Å²) < 4.78 is 55.7. The molecule has 0 bridgehead atoms. The first-order chi connectivity index (χ1) is 32.3. The molecule has 0 saturated heterocycles. The van der Waals surface area contributed by atoms with Crippen molar-refractivity contribution in [2.75, 3.05) is 126 Å². The molecule has 0 aliphatic rings. The maximum atomic E-state index is 13.3. The minimum Gasteiger partial charge on any atom is -0.481 e. The molecule has 1 N–H and O–H groups in total. The van der Waals surface area contributed by atoms with Crippen LogP contribution in [0.5, 0.6) is 0 Å². The summed E-state index contributed by atoms with van der Waals surface area (Å²) in [4.78, 5) is 24.9. The number of carboxylic acid groups (broad SMARTS) is 1. The third kappa shape index (κ3) is 37.7. The van der Waals surface area contributed by atoms with Crippen LogP contribution in [-0.4, -0.2) is 143 Å². The van der Waals surface area contributed by atoms with Gasteiger partial charge >= 0.3 is 11.9 Å². The summed E-state index contributed by atoms with van der Waals surface area (Å²) in [5.41, 5.74) is 0.186. The van der Waals surface area contributed by atoms with Gasteiger partial charge in [0, 0.05) is 6.61 Å². The van der Waals surface area contributed by atoms with Crippen LogP contribution >= 0.6 is 0 Å². The summed E-state index contributed by atoms with van der Waals surface area (Å²) in [7, 11) is 0. The molecule has 0 saturated carbocycles. The van der Waals surface area contributed by atoms with Gasteiger partial charge < -0.3 is 52.5 Å². The summed E-state index contributed by atoms with van der Waals surface area (Å²) in [5, 5.41) is 9.55. The summed E-state index contributed by atoms with van der Waals surface area (Å²) in [6.45, 7) is 16.8. The van der Waals surface area contributed by atoms with Crippen LogP contribution in [0.4, 0.5) is 0 Å². The van der Waals surface area contributed by atoms with Gasteiger partial charge in [-0.2, -0.15) is 0 Å². The van der Waals surface area contributed by atoms with Crippen LogP contribution in [0.2, 0.25) is 0 Å². The molecule has 3 unspecified atom stereocenters. The number of carboxylic acids is 1. The predicted molar refractivity (Wildman–Crippen MR) is 261 cm³/mol. The SMILES string of the molecule is CCCCCCCCCCCCCCCCCCOCCOCCOCCOCCOCCOCCOCCOCCOCCOC(=O)C(C)(CC(C)C(=O)O)CC(CC)c1ccccc1. The Kier molecular flexibility index (Phi) is 43.6. The number of hydrogen-bond donors (Lipinski definition) is 1. The van der Waals surface area contributed by atoms with E-state index in [4.69, 9.17) is 47.4 Å². The standard InChI is InChI=1S/C53H96O13/c1-5-7-8-9-10-11-12-13-14-15-16-17-18-19-20-24-27-57-28-29-58-30-31-59-32-33-60-34-35-61-36-37-62-38-39-63-40-41-64-42-43-65-44-45-66-52(56)53(4,46-48(3)51(54)55)47-49(6-2)50-25-22-21-23-26-50/h21-23,25-26,48-49H,5-20,24,27-47H2,1-4H3,(H,54,55). The second-order valence-electron chi connectivity index (χ2n) is 17.7. The van der Waals surface area contributed by atoms with Gasteiger partial charge in [-0.1, -0.05) is 147 Å². The van der Waals surface area contributed by atoms with E-state index in [0.717, 1.165) is 25.0 Å². The van der Waals surface area contributed by atoms with E-state index in [9.17, 15) is 14.7 Å². The topological polar surface area (TPSA) is 147 Å². The lowest BCUT2D eigenvalue weighted by Crippen LogP contribution is -2.35. The monoisotopic (exact) mass is 941 g/mol. The van der Waals surface area contributed by atoms with E-state index in [0.29, 0.717) is 112 Å². The smallest absolute Gasteiger partial charge is 0.311 e. The molecule has 0 heterocycles. The van der Waals surface area contributed by atoms with Crippen molar-refractivity contribution >= 4 is 11.9 Å². The van der Waals surface area contributed by atoms with Gasteiger partial charge in [0.05, 0.1) is 124 Å². The predicted octanol–water partition coefficient (Wildman–Crippen LogP) is 10.6. The molecule has 0 amide bonds. The number of aliphatic carboxylic acids is 1. The highest BCUT2D eigenvalue weighted by Gasteiger charge is 2.40. The van der Waals surface area contributed by atoms with Crippen molar-refractivity contribution in [3.63, 3.8) is 0 Å². The number of rotatable bonds is 52. The molecule has 0 spiro atoms. The molecule has 3 atom stereocenters. The second kappa shape index (κ2) is 46.5. The van der Waals surface area contributed by atoms with E-state index in [-0.39, 0.29) is 25.6 Å². The highest BCUT2D eigenvalue weighted by Crippen LogP contribution is 2.40. The normalized spacial score (nSPS) is 13.5. The van der Waals surface area contributed by atoms with Crippen molar-refractivity contribution in [2.45, 2.75) is 156 Å². The molecule has 386 valence electrons. The summed E-state index contributed by atoms with van der Waals surface area (Å²) in [6, 6.07) is 10.0. The van der Waals surface area contributed by atoms with E-state index >= 15 is 0 Å². The number of carbonyl (C=O) groups is 2. The molecule has 66 heavy (non-hydrogen) atoms. The Morgan fingerprint density at radius 3 is 1.11 bits per heavy atom. The highest BCUT2D eigenvalue weighted by atomic mass is 16.6. The van der Waals surface area contributed by atoms with Crippen LogP contribution < -0.4 is 0 Å². The molecular weight excluding hydrogens is 845 g/mol. The van der Waals surface area contributed by atoms with Gasteiger partial charge in [-0.3, -0.25) is 9.59 Å². The van der Waals surface area contributed by atoms with Crippen molar-refractivity contribution in [1.82, 2.24) is 0 Å². The molecule has 1 aromatic rings. The van der Waals surface area contributed by atoms with Crippen LogP contribution in [0.1, 0.15) is 161 Å². The van der Waals surface area contributed by atoms with Gasteiger partial charge in [0.15, 0.2) is 0 Å². The first kappa shape index (κ1) is 61.8. The molecule has 0 fully saturated rings. The van der Waals surface area contributed by atoms with Crippen LogP contribution in [0.25, 0.3) is 0 Å². The zero-order valence-electron chi connectivity index (χ0n) is 42.3. The Bertz CT molecular complexity index is 1190. The van der Waals surface area contributed by atoms with Gasteiger partial charge in [-0.05, 0) is 44.1 Å². The van der Waals surface area contributed by atoms with Crippen molar-refractivity contribution < 1.29 is 62.1 Å². The Hall–Kier alpha value is -2.20. The lowest BCUT2D eigenvalue weighted by Gasteiger charge is -2.32. The van der Waals surface area contributed by atoms with E-state index in [2.05, 4.69) is 13.8 Å². The van der Waals surface area contributed by atoms with E-state index in [1.807, 2.05) is 37.3 Å². The van der Waals surface area contributed by atoms with Gasteiger partial charge in [-0.15, -0.1) is 0 Å². The number of benzene rings is 1. The van der Waals surface area contributed by atoms with Gasteiger partial charge in [0.25, 0.3) is 0 Å².